The van der Waals surface area contributed by atoms with Crippen molar-refractivity contribution >= 4 is 39.1 Å². The third kappa shape index (κ3) is 4.83. The molecule has 0 aliphatic carbocycles. The molecule has 0 bridgehead atoms. The van der Waals surface area contributed by atoms with E-state index in [2.05, 4.69) is 5.32 Å². The predicted octanol–water partition coefficient (Wildman–Crippen LogP) is 3.08. The van der Waals surface area contributed by atoms with Gasteiger partial charge in [-0.1, -0.05) is 37.6 Å². The molecule has 9 heteroatoms. The minimum absolute atomic E-state index is 0.0745. The molecule has 0 atom stereocenters. The summed E-state index contributed by atoms with van der Waals surface area (Å²) < 4.78 is 27.0. The maximum Gasteiger partial charge on any atom is 0.253 e. The van der Waals surface area contributed by atoms with Crippen molar-refractivity contribution in [2.24, 2.45) is 5.92 Å². The van der Waals surface area contributed by atoms with Gasteiger partial charge in [-0.25, -0.2) is 8.42 Å². The zero-order valence-corrected chi connectivity index (χ0v) is 18.4. The van der Waals surface area contributed by atoms with Gasteiger partial charge in [-0.05, 0) is 36.4 Å². The van der Waals surface area contributed by atoms with E-state index in [0.29, 0.717) is 11.3 Å². The van der Waals surface area contributed by atoms with E-state index in [4.69, 9.17) is 11.6 Å². The zero-order chi connectivity index (χ0) is 21.9. The van der Waals surface area contributed by atoms with Gasteiger partial charge >= 0.3 is 0 Å². The Labute approximate surface area is 181 Å². The fourth-order valence-corrected chi connectivity index (χ4v) is 5.01. The van der Waals surface area contributed by atoms with E-state index in [1.54, 1.807) is 61.2 Å². The van der Waals surface area contributed by atoms with E-state index in [0.717, 1.165) is 0 Å². The molecule has 30 heavy (non-hydrogen) atoms. The van der Waals surface area contributed by atoms with Crippen LogP contribution in [0.4, 0.5) is 5.69 Å². The molecule has 1 fully saturated rings. The highest BCUT2D eigenvalue weighted by Gasteiger charge is 2.31. The van der Waals surface area contributed by atoms with Gasteiger partial charge in [-0.15, -0.1) is 0 Å². The van der Waals surface area contributed by atoms with Crippen LogP contribution in [0.15, 0.2) is 53.4 Å². The van der Waals surface area contributed by atoms with Gasteiger partial charge in [0.05, 0.1) is 5.02 Å². The van der Waals surface area contributed by atoms with Crippen LogP contribution in [-0.4, -0.2) is 55.6 Å². The summed E-state index contributed by atoms with van der Waals surface area (Å²) in [5, 5.41) is 2.96. The second kappa shape index (κ2) is 9.16. The van der Waals surface area contributed by atoms with Crippen molar-refractivity contribution in [1.29, 1.82) is 0 Å². The average molecular weight is 450 g/mol. The molecule has 2 amide bonds. The summed E-state index contributed by atoms with van der Waals surface area (Å²) in [4.78, 5) is 26.2. The van der Waals surface area contributed by atoms with E-state index in [-0.39, 0.29) is 53.8 Å². The van der Waals surface area contributed by atoms with Crippen molar-refractivity contribution < 1.29 is 18.0 Å². The van der Waals surface area contributed by atoms with E-state index in [9.17, 15) is 18.0 Å². The summed E-state index contributed by atoms with van der Waals surface area (Å²) in [6, 6.07) is 13.0. The molecular formula is C21H24ClN3O4S. The van der Waals surface area contributed by atoms with Crippen molar-refractivity contribution in [1.82, 2.24) is 9.21 Å². The highest BCUT2D eigenvalue weighted by atomic mass is 35.5. The van der Waals surface area contributed by atoms with Crippen molar-refractivity contribution in [2.75, 3.05) is 31.5 Å². The van der Waals surface area contributed by atoms with Crippen LogP contribution in [0.1, 0.15) is 24.2 Å². The summed E-state index contributed by atoms with van der Waals surface area (Å²) >= 11 is 6.05. The molecular weight excluding hydrogens is 426 g/mol. The molecule has 2 aromatic rings. The van der Waals surface area contributed by atoms with Gasteiger partial charge in [0.25, 0.3) is 5.91 Å². The molecule has 1 heterocycles. The molecule has 1 saturated heterocycles. The normalized spacial score (nSPS) is 15.3. The summed E-state index contributed by atoms with van der Waals surface area (Å²) in [6.07, 6.45) is 0. The molecule has 0 saturated carbocycles. The second-order valence-corrected chi connectivity index (χ2v) is 9.66. The Bertz CT molecular complexity index is 1030. The molecule has 2 aromatic carbocycles. The highest BCUT2D eigenvalue weighted by Crippen LogP contribution is 2.25. The lowest BCUT2D eigenvalue weighted by molar-refractivity contribution is -0.118. The molecule has 7 nitrogen and oxygen atoms in total. The number of carbonyl (C=O) groups excluding carboxylic acids is 2. The molecule has 1 aliphatic rings. The number of hydrogen-bond donors (Lipinski definition) is 1. The number of nitrogens with zero attached hydrogens (tertiary/aromatic N) is 2. The smallest absolute Gasteiger partial charge is 0.253 e. The van der Waals surface area contributed by atoms with Gasteiger partial charge in [0.2, 0.25) is 15.9 Å². The zero-order valence-electron chi connectivity index (χ0n) is 16.8. The lowest BCUT2D eigenvalue weighted by atomic mass is 10.1. The number of nitrogens with one attached hydrogen (secondary N) is 1. The van der Waals surface area contributed by atoms with E-state index in [1.165, 1.54) is 10.4 Å². The molecule has 3 rings (SSSR count). The summed E-state index contributed by atoms with van der Waals surface area (Å²) in [5.41, 5.74) is 1.11. The largest absolute Gasteiger partial charge is 0.336 e. The maximum absolute atomic E-state index is 12.8. The van der Waals surface area contributed by atoms with E-state index < -0.39 is 10.0 Å². The number of sulfonamides is 1. The van der Waals surface area contributed by atoms with Crippen LogP contribution in [-0.2, 0) is 14.8 Å². The second-order valence-electron chi connectivity index (χ2n) is 7.35. The first kappa shape index (κ1) is 22.3. The van der Waals surface area contributed by atoms with Crippen LogP contribution in [0.3, 0.4) is 0 Å². The van der Waals surface area contributed by atoms with Gasteiger partial charge in [0, 0.05) is 43.3 Å². The molecule has 0 spiro atoms. The number of rotatable bonds is 5. The fraction of sp³-hybridized carbons (Fsp3) is 0.333. The number of piperazine rings is 1. The third-order valence-electron chi connectivity index (χ3n) is 4.90. The number of halogens is 1. The lowest BCUT2D eigenvalue weighted by Crippen LogP contribution is -2.50. The minimum atomic E-state index is -3.71. The average Bonchev–Trinajstić information content (AvgIpc) is 2.74. The monoisotopic (exact) mass is 449 g/mol. The van der Waals surface area contributed by atoms with E-state index >= 15 is 0 Å². The Morgan fingerprint density at radius 1 is 0.967 bits per heavy atom. The molecule has 0 aromatic heterocycles. The van der Waals surface area contributed by atoms with Crippen molar-refractivity contribution in [3.8, 4) is 0 Å². The molecule has 1 aliphatic heterocycles. The molecule has 1 N–H and O–H groups in total. The Morgan fingerprint density at radius 2 is 1.57 bits per heavy atom. The Morgan fingerprint density at radius 3 is 2.13 bits per heavy atom. The quantitative estimate of drug-likeness (QED) is 0.759. The summed E-state index contributed by atoms with van der Waals surface area (Å²) in [5.74, 6) is -0.402. The lowest BCUT2D eigenvalue weighted by Gasteiger charge is -2.34. The van der Waals surface area contributed by atoms with Gasteiger partial charge in [-0.3, -0.25) is 9.59 Å². The van der Waals surface area contributed by atoms with Crippen LogP contribution < -0.4 is 5.32 Å². The number of carbonyl (C=O) groups is 2. The first-order chi connectivity index (χ1) is 14.2. The Kier molecular flexibility index (Phi) is 6.80. The minimum Gasteiger partial charge on any atom is -0.336 e. The summed E-state index contributed by atoms with van der Waals surface area (Å²) in [6.45, 7) is 4.57. The van der Waals surface area contributed by atoms with Gasteiger partial charge in [0.1, 0.15) is 4.90 Å². The molecule has 160 valence electrons. The summed E-state index contributed by atoms with van der Waals surface area (Å²) in [7, 11) is -3.71. The topological polar surface area (TPSA) is 86.8 Å². The van der Waals surface area contributed by atoms with Crippen LogP contribution in [0.25, 0.3) is 0 Å². The van der Waals surface area contributed by atoms with Crippen LogP contribution >= 0.6 is 11.6 Å². The van der Waals surface area contributed by atoms with Crippen LogP contribution in [0.5, 0.6) is 0 Å². The van der Waals surface area contributed by atoms with Gasteiger partial charge in [0.15, 0.2) is 0 Å². The van der Waals surface area contributed by atoms with Gasteiger partial charge in [-0.2, -0.15) is 4.31 Å². The SMILES string of the molecule is CC(C)C(=O)Nc1ccc(C(=O)N2CCN(S(=O)(=O)c3ccccc3Cl)CC2)cc1. The number of benzene rings is 2. The fourth-order valence-electron chi connectivity index (χ4n) is 3.09. The molecule has 0 unspecified atom stereocenters. The standard InChI is InChI=1S/C21H24ClN3O4S/c1-15(2)20(26)23-17-9-7-16(8-10-17)21(27)24-11-13-25(14-12-24)30(28,29)19-6-4-3-5-18(19)22/h3-10,15H,11-14H2,1-2H3,(H,23,26). The third-order valence-corrected chi connectivity index (χ3v) is 7.30. The first-order valence-electron chi connectivity index (χ1n) is 9.65. The van der Waals surface area contributed by atoms with Gasteiger partial charge < -0.3 is 10.2 Å². The van der Waals surface area contributed by atoms with Crippen molar-refractivity contribution in [3.05, 3.63) is 59.1 Å². The maximum atomic E-state index is 12.8. The Hall–Kier alpha value is -2.42. The number of hydrogen-bond acceptors (Lipinski definition) is 4. The number of anilines is 1. The first-order valence-corrected chi connectivity index (χ1v) is 11.5. The van der Waals surface area contributed by atoms with Crippen molar-refractivity contribution in [2.45, 2.75) is 18.7 Å². The van der Waals surface area contributed by atoms with E-state index in [1.807, 2.05) is 0 Å². The predicted molar refractivity (Wildman–Crippen MR) is 116 cm³/mol. The van der Waals surface area contributed by atoms with Crippen molar-refractivity contribution in [3.63, 3.8) is 0 Å². The van der Waals surface area contributed by atoms with Crippen LogP contribution in [0.2, 0.25) is 5.02 Å². The Balaban J connectivity index is 1.63. The highest BCUT2D eigenvalue weighted by molar-refractivity contribution is 7.89. The number of amides is 2. The van der Waals surface area contributed by atoms with Crippen LogP contribution in [0, 0.1) is 5.92 Å². The molecule has 0 radical (unpaired) electrons.